The van der Waals surface area contributed by atoms with Crippen LogP contribution in [0.5, 0.6) is 5.88 Å². The fraction of sp³-hybridized carbons (Fsp3) is 0.217. The summed E-state index contributed by atoms with van der Waals surface area (Å²) >= 11 is 0. The molecule has 162 valence electrons. The van der Waals surface area contributed by atoms with Crippen molar-refractivity contribution in [3.8, 4) is 5.88 Å². The van der Waals surface area contributed by atoms with Gasteiger partial charge in [0, 0.05) is 25.2 Å². The summed E-state index contributed by atoms with van der Waals surface area (Å²) in [5, 5.41) is 8.67. The van der Waals surface area contributed by atoms with Crippen LogP contribution in [0.1, 0.15) is 24.5 Å². The first-order chi connectivity index (χ1) is 15.8. The minimum Gasteiger partial charge on any atom is -0.381 e. The first-order valence-electron chi connectivity index (χ1n) is 10.4. The second-order valence-corrected chi connectivity index (χ2v) is 7.35. The number of hydrogen-bond donors (Lipinski definition) is 1. The van der Waals surface area contributed by atoms with Crippen molar-refractivity contribution in [1.82, 2.24) is 15.1 Å². The van der Waals surface area contributed by atoms with Crippen molar-refractivity contribution < 1.29 is 18.9 Å². The number of amides is 2. The normalized spacial score (nSPS) is 14.2. The standard InChI is InChI=1S/C23H21N5O4/c29-23(26-21-14-20(27-31-21)16-10-12-30-13-11-16)28(17-6-2-1-3-7-17)32-22-18-8-4-5-9-19(18)24-15-25-22/h1-9,14-16H,10-13H2,(H,26,29). The smallest absolute Gasteiger partial charge is 0.362 e. The first-order valence-corrected chi connectivity index (χ1v) is 10.4. The van der Waals surface area contributed by atoms with Crippen LogP contribution in [0.3, 0.4) is 0 Å². The maximum Gasteiger partial charge on any atom is 0.362 e. The van der Waals surface area contributed by atoms with Crippen molar-refractivity contribution in [2.24, 2.45) is 0 Å². The van der Waals surface area contributed by atoms with E-state index in [1.165, 1.54) is 6.33 Å². The average molecular weight is 431 g/mol. The van der Waals surface area contributed by atoms with Gasteiger partial charge in [0.05, 0.1) is 22.3 Å². The fourth-order valence-corrected chi connectivity index (χ4v) is 3.60. The lowest BCUT2D eigenvalue weighted by Crippen LogP contribution is -2.38. The van der Waals surface area contributed by atoms with Crippen molar-refractivity contribution in [2.75, 3.05) is 23.6 Å². The molecule has 5 rings (SSSR count). The molecule has 1 aliphatic rings. The Kier molecular flexibility index (Phi) is 5.63. The number of hydroxylamine groups is 1. The molecule has 0 bridgehead atoms. The number of ether oxygens (including phenoxy) is 1. The highest BCUT2D eigenvalue weighted by atomic mass is 16.7. The number of carbonyl (C=O) groups is 1. The van der Waals surface area contributed by atoms with Gasteiger partial charge in [-0.15, -0.1) is 5.06 Å². The second-order valence-electron chi connectivity index (χ2n) is 7.35. The van der Waals surface area contributed by atoms with Gasteiger partial charge in [-0.25, -0.2) is 9.78 Å². The van der Waals surface area contributed by atoms with E-state index in [0.29, 0.717) is 29.8 Å². The molecule has 2 amide bonds. The molecule has 4 aromatic rings. The van der Waals surface area contributed by atoms with Crippen LogP contribution in [0.4, 0.5) is 16.4 Å². The van der Waals surface area contributed by atoms with E-state index in [2.05, 4.69) is 20.4 Å². The van der Waals surface area contributed by atoms with Gasteiger partial charge in [0.15, 0.2) is 0 Å². The number of aromatic nitrogens is 3. The number of benzene rings is 2. The summed E-state index contributed by atoms with van der Waals surface area (Å²) in [6, 6.07) is 17.6. The molecular weight excluding hydrogens is 410 g/mol. The van der Waals surface area contributed by atoms with E-state index in [4.69, 9.17) is 14.1 Å². The summed E-state index contributed by atoms with van der Waals surface area (Å²) in [7, 11) is 0. The van der Waals surface area contributed by atoms with Crippen molar-refractivity contribution in [2.45, 2.75) is 18.8 Å². The lowest BCUT2D eigenvalue weighted by Gasteiger charge is -2.22. The van der Waals surface area contributed by atoms with Gasteiger partial charge in [0.1, 0.15) is 6.33 Å². The second kappa shape index (κ2) is 9.03. The fourth-order valence-electron chi connectivity index (χ4n) is 3.60. The highest BCUT2D eigenvalue weighted by Gasteiger charge is 2.24. The number of anilines is 2. The maximum absolute atomic E-state index is 13.2. The number of carbonyl (C=O) groups excluding carboxylic acids is 1. The Morgan fingerprint density at radius 3 is 2.66 bits per heavy atom. The van der Waals surface area contributed by atoms with Gasteiger partial charge in [-0.3, -0.25) is 5.32 Å². The maximum atomic E-state index is 13.2. The predicted molar refractivity (Wildman–Crippen MR) is 117 cm³/mol. The minimum absolute atomic E-state index is 0.244. The molecule has 0 radical (unpaired) electrons. The summed E-state index contributed by atoms with van der Waals surface area (Å²) in [6.45, 7) is 1.39. The molecule has 1 saturated heterocycles. The van der Waals surface area contributed by atoms with E-state index < -0.39 is 6.03 Å². The Morgan fingerprint density at radius 2 is 1.81 bits per heavy atom. The molecule has 1 aliphatic heterocycles. The van der Waals surface area contributed by atoms with Crippen molar-refractivity contribution in [3.63, 3.8) is 0 Å². The van der Waals surface area contributed by atoms with Gasteiger partial charge in [-0.2, -0.15) is 4.98 Å². The van der Waals surface area contributed by atoms with Gasteiger partial charge >= 0.3 is 6.03 Å². The molecule has 32 heavy (non-hydrogen) atoms. The van der Waals surface area contributed by atoms with Gasteiger partial charge in [0.2, 0.25) is 5.88 Å². The Balaban J connectivity index is 1.40. The summed E-state index contributed by atoms with van der Waals surface area (Å²) in [6.07, 6.45) is 3.15. The largest absolute Gasteiger partial charge is 0.381 e. The Morgan fingerprint density at radius 1 is 1.03 bits per heavy atom. The Bertz CT molecular complexity index is 1200. The molecular formula is C23H21N5O4. The quantitative estimate of drug-likeness (QED) is 0.463. The molecule has 2 aromatic heterocycles. The van der Waals surface area contributed by atoms with Crippen LogP contribution in [0.2, 0.25) is 0 Å². The number of fused-ring (bicyclic) bond motifs is 1. The molecule has 0 spiro atoms. The van der Waals surface area contributed by atoms with Crippen LogP contribution in [0.25, 0.3) is 10.9 Å². The zero-order valence-electron chi connectivity index (χ0n) is 17.2. The third-order valence-electron chi connectivity index (χ3n) is 5.26. The monoisotopic (exact) mass is 431 g/mol. The molecule has 3 heterocycles. The third kappa shape index (κ3) is 4.23. The Hall–Kier alpha value is -3.98. The van der Waals surface area contributed by atoms with Crippen LogP contribution in [-0.4, -0.2) is 34.4 Å². The van der Waals surface area contributed by atoms with E-state index in [9.17, 15) is 4.79 Å². The number of rotatable bonds is 5. The van der Waals surface area contributed by atoms with Gasteiger partial charge in [0.25, 0.3) is 5.88 Å². The molecule has 1 N–H and O–H groups in total. The first kappa shape index (κ1) is 20.0. The number of urea groups is 1. The topological polar surface area (TPSA) is 103 Å². The minimum atomic E-state index is -0.548. The highest BCUT2D eigenvalue weighted by Crippen LogP contribution is 2.28. The molecule has 0 aliphatic carbocycles. The third-order valence-corrected chi connectivity index (χ3v) is 5.26. The average Bonchev–Trinajstić information content (AvgIpc) is 3.32. The molecule has 2 aromatic carbocycles. The lowest BCUT2D eigenvalue weighted by molar-refractivity contribution is 0.0838. The number of nitrogens with zero attached hydrogens (tertiary/aromatic N) is 4. The van der Waals surface area contributed by atoms with Crippen molar-refractivity contribution >= 4 is 28.5 Å². The van der Waals surface area contributed by atoms with E-state index >= 15 is 0 Å². The SMILES string of the molecule is O=C(Nc1cc(C2CCOCC2)no1)N(Oc1ncnc2ccccc12)c1ccccc1. The van der Waals surface area contributed by atoms with Gasteiger partial charge in [-0.1, -0.05) is 35.5 Å². The number of nitrogens with one attached hydrogen (secondary N) is 1. The Labute approximate surface area is 183 Å². The van der Waals surface area contributed by atoms with Gasteiger partial charge in [-0.05, 0) is 37.1 Å². The highest BCUT2D eigenvalue weighted by molar-refractivity contribution is 6.00. The van der Waals surface area contributed by atoms with Crippen LogP contribution in [-0.2, 0) is 4.74 Å². The molecule has 1 fully saturated rings. The van der Waals surface area contributed by atoms with E-state index in [-0.39, 0.29) is 17.7 Å². The zero-order chi connectivity index (χ0) is 21.8. The summed E-state index contributed by atoms with van der Waals surface area (Å²) < 4.78 is 10.8. The molecule has 0 unspecified atom stereocenters. The van der Waals surface area contributed by atoms with Gasteiger partial charge < -0.3 is 14.1 Å². The summed E-state index contributed by atoms with van der Waals surface area (Å²) in [4.78, 5) is 27.6. The summed E-state index contributed by atoms with van der Waals surface area (Å²) in [5.41, 5.74) is 2.04. The van der Waals surface area contributed by atoms with E-state index in [0.717, 1.165) is 23.6 Å². The van der Waals surface area contributed by atoms with E-state index in [1.54, 1.807) is 18.2 Å². The molecule has 9 nitrogen and oxygen atoms in total. The van der Waals surface area contributed by atoms with Crippen LogP contribution >= 0.6 is 0 Å². The predicted octanol–water partition coefficient (Wildman–Crippen LogP) is 4.54. The number of hydrogen-bond acceptors (Lipinski definition) is 7. The van der Waals surface area contributed by atoms with E-state index in [1.807, 2.05) is 42.5 Å². The molecule has 0 atom stereocenters. The van der Waals surface area contributed by atoms with Crippen molar-refractivity contribution in [3.05, 3.63) is 72.7 Å². The van der Waals surface area contributed by atoms with Crippen LogP contribution in [0.15, 0.2) is 71.5 Å². The number of para-hydroxylation sites is 2. The molecule has 9 heteroatoms. The van der Waals surface area contributed by atoms with Crippen LogP contribution < -0.4 is 15.2 Å². The van der Waals surface area contributed by atoms with Crippen molar-refractivity contribution in [1.29, 1.82) is 0 Å². The molecule has 0 saturated carbocycles. The van der Waals surface area contributed by atoms with Crippen LogP contribution in [0, 0.1) is 0 Å². The summed E-state index contributed by atoms with van der Waals surface area (Å²) in [5.74, 6) is 0.760. The lowest BCUT2D eigenvalue weighted by atomic mass is 9.97. The zero-order valence-corrected chi connectivity index (χ0v) is 17.2.